The molecule has 22 heavy (non-hydrogen) atoms. The molecule has 0 spiro atoms. The number of carbonyl (C=O) groups excluding carboxylic acids is 1. The zero-order valence-corrected chi connectivity index (χ0v) is 11.1. The van der Waals surface area contributed by atoms with Crippen molar-refractivity contribution in [3.63, 3.8) is 0 Å². The maximum absolute atomic E-state index is 12.9. The lowest BCUT2D eigenvalue weighted by Crippen LogP contribution is -2.21. The van der Waals surface area contributed by atoms with Gasteiger partial charge in [0.25, 0.3) is 5.88 Å². The van der Waals surface area contributed by atoms with Gasteiger partial charge in [0.05, 0.1) is 26.2 Å². The van der Waals surface area contributed by atoms with Gasteiger partial charge in [-0.2, -0.15) is 13.2 Å². The molecule has 0 radical (unpaired) electrons. The van der Waals surface area contributed by atoms with Crippen LogP contribution in [0.1, 0.15) is 11.1 Å². The highest BCUT2D eigenvalue weighted by Crippen LogP contribution is 2.41. The normalized spacial score (nSPS) is 12.0. The molecule has 0 aliphatic heterocycles. The van der Waals surface area contributed by atoms with Crippen LogP contribution < -0.4 is 9.47 Å². The molecule has 124 valence electrons. The minimum absolute atomic E-state index is 0.127. The van der Waals surface area contributed by atoms with E-state index in [-0.39, 0.29) is 6.20 Å². The van der Waals surface area contributed by atoms with Gasteiger partial charge in [0, 0.05) is 11.8 Å². The first-order valence-corrected chi connectivity index (χ1v) is 5.45. The van der Waals surface area contributed by atoms with E-state index in [9.17, 15) is 31.1 Å². The number of esters is 1. The number of ether oxygens (including phenoxy) is 3. The number of hydrogen-bond acceptors (Lipinski definition) is 5. The van der Waals surface area contributed by atoms with Crippen molar-refractivity contribution >= 4 is 5.97 Å². The molecule has 0 fully saturated rings. The Labute approximate surface area is 119 Å². The van der Waals surface area contributed by atoms with Crippen LogP contribution in [0.25, 0.3) is 0 Å². The van der Waals surface area contributed by atoms with Crippen LogP contribution in [0.15, 0.2) is 6.20 Å². The smallest absolute Gasteiger partial charge is 0.491 e. The van der Waals surface area contributed by atoms with Crippen molar-refractivity contribution in [2.75, 3.05) is 14.2 Å². The highest BCUT2D eigenvalue weighted by Gasteiger charge is 2.39. The standard InChI is InChI=1S/C11H9F6NO4/c1-20-7(19)3-5-6(10(12,13)14)4-18-9(8(5)21-2)22-11(15,16)17/h4H,3H2,1-2H3. The Bertz CT molecular complexity index is 555. The van der Waals surface area contributed by atoms with Gasteiger partial charge in [-0.3, -0.25) is 4.79 Å². The largest absolute Gasteiger partial charge is 0.574 e. The fourth-order valence-electron chi connectivity index (χ4n) is 1.54. The average molecular weight is 333 g/mol. The molecule has 0 atom stereocenters. The number of alkyl halides is 6. The van der Waals surface area contributed by atoms with E-state index in [0.29, 0.717) is 0 Å². The van der Waals surface area contributed by atoms with Crippen LogP contribution in [0, 0.1) is 0 Å². The Kier molecular flexibility index (Phi) is 5.09. The molecule has 5 nitrogen and oxygen atoms in total. The molecule has 1 aromatic heterocycles. The Morgan fingerprint density at radius 1 is 1.18 bits per heavy atom. The minimum atomic E-state index is -5.19. The number of carbonyl (C=O) groups is 1. The van der Waals surface area contributed by atoms with Crippen molar-refractivity contribution in [1.29, 1.82) is 0 Å². The van der Waals surface area contributed by atoms with E-state index in [2.05, 4.69) is 19.2 Å². The van der Waals surface area contributed by atoms with Crippen molar-refractivity contribution in [1.82, 2.24) is 4.98 Å². The molecule has 1 heterocycles. The molecule has 0 aliphatic rings. The summed E-state index contributed by atoms with van der Waals surface area (Å²) in [5.41, 5.74) is -2.29. The number of hydrogen-bond donors (Lipinski definition) is 0. The van der Waals surface area contributed by atoms with Gasteiger partial charge < -0.3 is 14.2 Å². The number of rotatable bonds is 4. The lowest BCUT2D eigenvalue weighted by molar-refractivity contribution is -0.276. The lowest BCUT2D eigenvalue weighted by atomic mass is 10.1. The van der Waals surface area contributed by atoms with Crippen molar-refractivity contribution in [2.45, 2.75) is 19.0 Å². The maximum Gasteiger partial charge on any atom is 0.574 e. The van der Waals surface area contributed by atoms with Crippen LogP contribution in [0.3, 0.4) is 0 Å². The summed E-state index contributed by atoms with van der Waals surface area (Å²) in [6.07, 6.45) is -11.0. The molecule has 0 bridgehead atoms. The van der Waals surface area contributed by atoms with Crippen molar-refractivity contribution in [3.8, 4) is 11.6 Å². The quantitative estimate of drug-likeness (QED) is 0.626. The van der Waals surface area contributed by atoms with Crippen LogP contribution >= 0.6 is 0 Å². The highest BCUT2D eigenvalue weighted by molar-refractivity contribution is 5.74. The zero-order chi connectivity index (χ0) is 17.1. The number of halogens is 6. The minimum Gasteiger partial charge on any atom is -0.491 e. The first kappa shape index (κ1) is 17.9. The van der Waals surface area contributed by atoms with Gasteiger partial charge >= 0.3 is 18.5 Å². The summed E-state index contributed by atoms with van der Waals surface area (Å²) in [5, 5.41) is 0. The van der Waals surface area contributed by atoms with Gasteiger partial charge in [-0.05, 0) is 0 Å². The Morgan fingerprint density at radius 3 is 2.18 bits per heavy atom. The number of nitrogens with zero attached hydrogens (tertiary/aromatic N) is 1. The molecular formula is C11H9F6NO4. The second-order valence-corrected chi connectivity index (χ2v) is 3.79. The van der Waals surface area contributed by atoms with E-state index in [4.69, 9.17) is 0 Å². The zero-order valence-electron chi connectivity index (χ0n) is 11.1. The third-order valence-electron chi connectivity index (χ3n) is 2.38. The second kappa shape index (κ2) is 6.28. The Hall–Kier alpha value is -2.20. The lowest BCUT2D eigenvalue weighted by Gasteiger charge is -2.18. The fourth-order valence-corrected chi connectivity index (χ4v) is 1.54. The number of methoxy groups -OCH3 is 2. The summed E-state index contributed by atoms with van der Waals surface area (Å²) in [7, 11) is 1.73. The molecule has 0 aliphatic carbocycles. The molecule has 0 unspecified atom stereocenters. The maximum atomic E-state index is 12.9. The summed E-state index contributed by atoms with van der Waals surface area (Å²) >= 11 is 0. The van der Waals surface area contributed by atoms with Crippen molar-refractivity contribution < 1.29 is 45.3 Å². The van der Waals surface area contributed by atoms with Gasteiger partial charge in [0.1, 0.15) is 0 Å². The van der Waals surface area contributed by atoms with Crippen LogP contribution in [-0.4, -0.2) is 31.5 Å². The first-order chi connectivity index (χ1) is 9.99. The van der Waals surface area contributed by atoms with E-state index in [1.165, 1.54) is 0 Å². The van der Waals surface area contributed by atoms with Crippen LogP contribution in [0.2, 0.25) is 0 Å². The van der Waals surface area contributed by atoms with E-state index in [0.717, 1.165) is 14.2 Å². The average Bonchev–Trinajstić information content (AvgIpc) is 2.35. The molecule has 0 saturated carbocycles. The SMILES string of the molecule is COC(=O)Cc1c(C(F)(F)F)cnc(OC(F)(F)F)c1OC. The van der Waals surface area contributed by atoms with Crippen molar-refractivity contribution in [2.24, 2.45) is 0 Å². The topological polar surface area (TPSA) is 57.7 Å². The predicted molar refractivity (Wildman–Crippen MR) is 58.2 cm³/mol. The van der Waals surface area contributed by atoms with Gasteiger partial charge in [-0.15, -0.1) is 13.2 Å². The number of pyridine rings is 1. The van der Waals surface area contributed by atoms with Gasteiger partial charge in [-0.25, -0.2) is 4.98 Å². The first-order valence-electron chi connectivity index (χ1n) is 5.45. The summed E-state index contributed by atoms with van der Waals surface area (Å²) in [6, 6.07) is 0. The van der Waals surface area contributed by atoms with E-state index in [1.54, 1.807) is 0 Å². The van der Waals surface area contributed by atoms with Crippen LogP contribution in [0.5, 0.6) is 11.6 Å². The fraction of sp³-hybridized carbons (Fsp3) is 0.455. The van der Waals surface area contributed by atoms with Crippen LogP contribution in [-0.2, 0) is 22.1 Å². The number of aromatic nitrogens is 1. The van der Waals surface area contributed by atoms with Crippen molar-refractivity contribution in [3.05, 3.63) is 17.3 Å². The van der Waals surface area contributed by atoms with Crippen LogP contribution in [0.4, 0.5) is 26.3 Å². The molecule has 11 heteroatoms. The predicted octanol–water partition coefficient (Wildman–Crippen LogP) is 2.72. The highest BCUT2D eigenvalue weighted by atomic mass is 19.4. The van der Waals surface area contributed by atoms with Gasteiger partial charge in [0.15, 0.2) is 5.75 Å². The van der Waals surface area contributed by atoms with Gasteiger partial charge in [0.2, 0.25) is 0 Å². The molecule has 1 rings (SSSR count). The van der Waals surface area contributed by atoms with E-state index >= 15 is 0 Å². The van der Waals surface area contributed by atoms with E-state index < -0.39 is 47.7 Å². The molecule has 0 aromatic carbocycles. The summed E-state index contributed by atoms with van der Waals surface area (Å²) in [4.78, 5) is 14.2. The van der Waals surface area contributed by atoms with E-state index in [1.807, 2.05) is 0 Å². The summed E-state index contributed by atoms with van der Waals surface area (Å²) in [6.45, 7) is 0. The monoisotopic (exact) mass is 333 g/mol. The second-order valence-electron chi connectivity index (χ2n) is 3.79. The Morgan fingerprint density at radius 2 is 1.77 bits per heavy atom. The third-order valence-corrected chi connectivity index (χ3v) is 2.38. The van der Waals surface area contributed by atoms with Gasteiger partial charge in [-0.1, -0.05) is 0 Å². The Balaban J connectivity index is 3.48. The molecule has 1 aromatic rings. The molecule has 0 N–H and O–H groups in total. The summed E-state index contributed by atoms with van der Waals surface area (Å²) in [5.74, 6) is -3.28. The molecular weight excluding hydrogens is 324 g/mol. The summed E-state index contributed by atoms with van der Waals surface area (Å²) < 4.78 is 87.5. The third kappa shape index (κ3) is 4.40. The molecule has 0 saturated heterocycles. The molecule has 0 amide bonds.